The van der Waals surface area contributed by atoms with E-state index in [1.165, 1.54) is 4.57 Å². The summed E-state index contributed by atoms with van der Waals surface area (Å²) in [5.74, 6) is 0.575. The number of aromatic amines is 1. The van der Waals surface area contributed by atoms with Gasteiger partial charge in [-0.1, -0.05) is 49.7 Å². The van der Waals surface area contributed by atoms with Crippen molar-refractivity contribution in [1.29, 1.82) is 0 Å². The molecule has 170 valence electrons. The van der Waals surface area contributed by atoms with Gasteiger partial charge in [0.15, 0.2) is 0 Å². The number of benzene rings is 2. The average molecular weight is 454 g/mol. The summed E-state index contributed by atoms with van der Waals surface area (Å²) >= 11 is 0. The molecule has 3 heterocycles. The maximum atomic E-state index is 13.3. The number of aryl methyl sites for hydroxylation is 1. The lowest BCUT2D eigenvalue weighted by atomic mass is 10.0. The van der Waals surface area contributed by atoms with E-state index in [-0.39, 0.29) is 11.4 Å². The quantitative estimate of drug-likeness (QED) is 0.389. The molecule has 34 heavy (non-hydrogen) atoms. The molecule has 0 saturated carbocycles. The lowest BCUT2D eigenvalue weighted by molar-refractivity contribution is 0.471. The number of pyridine rings is 1. The first-order valence-corrected chi connectivity index (χ1v) is 11.0. The molecule has 0 spiro atoms. The Labute approximate surface area is 195 Å². The number of nitrogens with one attached hydrogen (secondary N) is 1. The number of nitrogens with zero attached hydrogens (tertiary/aromatic N) is 6. The Morgan fingerprint density at radius 2 is 1.85 bits per heavy atom. The predicted octanol–water partition coefficient (Wildman–Crippen LogP) is 3.59. The summed E-state index contributed by atoms with van der Waals surface area (Å²) in [6, 6.07) is 16.7. The van der Waals surface area contributed by atoms with E-state index in [0.29, 0.717) is 18.1 Å². The molecule has 2 aromatic carbocycles. The van der Waals surface area contributed by atoms with Crippen molar-refractivity contribution in [3.05, 3.63) is 94.9 Å². The molecule has 0 saturated heterocycles. The number of phenols is 1. The normalized spacial score (nSPS) is 11.1. The van der Waals surface area contributed by atoms with Crippen LogP contribution in [0.1, 0.15) is 24.6 Å². The summed E-state index contributed by atoms with van der Waals surface area (Å²) in [5, 5.41) is 24.5. The molecule has 5 aromatic rings. The number of imidazole rings is 1. The van der Waals surface area contributed by atoms with E-state index in [0.717, 1.165) is 40.8 Å². The fourth-order valence-electron chi connectivity index (χ4n) is 4.06. The molecule has 3 aromatic heterocycles. The first kappa shape index (κ1) is 21.3. The molecule has 9 heteroatoms. The number of aromatic hydroxyl groups is 1. The van der Waals surface area contributed by atoms with Crippen LogP contribution in [0, 0.1) is 0 Å². The highest BCUT2D eigenvalue weighted by molar-refractivity contribution is 5.79. The van der Waals surface area contributed by atoms with Gasteiger partial charge >= 0.3 is 5.69 Å². The van der Waals surface area contributed by atoms with Gasteiger partial charge in [0.2, 0.25) is 5.82 Å². The Kier molecular flexibility index (Phi) is 5.73. The molecule has 0 aliphatic carbocycles. The average Bonchev–Trinajstić information content (AvgIpc) is 3.50. The van der Waals surface area contributed by atoms with E-state index in [4.69, 9.17) is 0 Å². The summed E-state index contributed by atoms with van der Waals surface area (Å²) in [6.07, 6.45) is 6.96. The highest BCUT2D eigenvalue weighted by Gasteiger charge is 2.15. The van der Waals surface area contributed by atoms with Crippen molar-refractivity contribution < 1.29 is 5.11 Å². The third-order valence-corrected chi connectivity index (χ3v) is 5.72. The van der Waals surface area contributed by atoms with Gasteiger partial charge in [0, 0.05) is 35.4 Å². The van der Waals surface area contributed by atoms with Crippen LogP contribution in [0.2, 0.25) is 0 Å². The van der Waals surface area contributed by atoms with Gasteiger partial charge in [-0.25, -0.2) is 4.79 Å². The van der Waals surface area contributed by atoms with E-state index >= 15 is 0 Å². The number of hydrogen-bond donors (Lipinski definition) is 2. The molecule has 0 radical (unpaired) electrons. The minimum atomic E-state index is -0.180. The second kappa shape index (κ2) is 9.14. The van der Waals surface area contributed by atoms with Crippen molar-refractivity contribution in [2.75, 3.05) is 0 Å². The number of para-hydroxylation sites is 2. The van der Waals surface area contributed by atoms with Gasteiger partial charge in [0.05, 0.1) is 12.2 Å². The predicted molar refractivity (Wildman–Crippen MR) is 128 cm³/mol. The molecule has 0 aliphatic rings. The minimum Gasteiger partial charge on any atom is -0.506 e. The van der Waals surface area contributed by atoms with Crippen molar-refractivity contribution >= 4 is 0 Å². The molecule has 5 rings (SSSR count). The van der Waals surface area contributed by atoms with Gasteiger partial charge in [-0.15, -0.1) is 10.2 Å². The second-order valence-corrected chi connectivity index (χ2v) is 7.95. The molecule has 9 nitrogen and oxygen atoms in total. The molecule has 0 bridgehead atoms. The maximum Gasteiger partial charge on any atom is 0.333 e. The van der Waals surface area contributed by atoms with Gasteiger partial charge in [-0.2, -0.15) is 5.21 Å². The van der Waals surface area contributed by atoms with Gasteiger partial charge in [0.1, 0.15) is 5.75 Å². The van der Waals surface area contributed by atoms with Crippen LogP contribution in [-0.4, -0.2) is 39.8 Å². The van der Waals surface area contributed by atoms with Gasteiger partial charge < -0.3 is 5.11 Å². The van der Waals surface area contributed by atoms with Gasteiger partial charge in [-0.3, -0.25) is 14.1 Å². The second-order valence-electron chi connectivity index (χ2n) is 7.95. The largest absolute Gasteiger partial charge is 0.506 e. The molecule has 0 amide bonds. The van der Waals surface area contributed by atoms with E-state index in [9.17, 15) is 9.90 Å². The third kappa shape index (κ3) is 3.99. The molecule has 2 N–H and O–H groups in total. The highest BCUT2D eigenvalue weighted by Crippen LogP contribution is 2.29. The van der Waals surface area contributed by atoms with Crippen molar-refractivity contribution in [2.45, 2.75) is 26.3 Å². The SMILES string of the molecule is CCCc1cn(-c2ccccc2O)c(=O)n1Cc1ccc(-c2cnccc2-c2nn[nH]n2)cc1. The number of H-pyrrole nitrogens is 1. The minimum absolute atomic E-state index is 0.0722. The zero-order valence-corrected chi connectivity index (χ0v) is 18.6. The Morgan fingerprint density at radius 1 is 1.03 bits per heavy atom. The zero-order chi connectivity index (χ0) is 23.5. The van der Waals surface area contributed by atoms with E-state index in [1.54, 1.807) is 41.2 Å². The topological polar surface area (TPSA) is 115 Å². The summed E-state index contributed by atoms with van der Waals surface area (Å²) in [6.45, 7) is 2.51. The molecular weight excluding hydrogens is 430 g/mol. The fraction of sp³-hybridized carbons (Fsp3) is 0.160. The monoisotopic (exact) mass is 453 g/mol. The van der Waals surface area contributed by atoms with Crippen LogP contribution in [0.4, 0.5) is 0 Å². The number of hydrogen-bond acceptors (Lipinski definition) is 6. The van der Waals surface area contributed by atoms with Crippen LogP contribution < -0.4 is 5.69 Å². The van der Waals surface area contributed by atoms with Crippen LogP contribution in [0.15, 0.2) is 78.0 Å². The van der Waals surface area contributed by atoms with Crippen molar-refractivity contribution in [3.63, 3.8) is 0 Å². The third-order valence-electron chi connectivity index (χ3n) is 5.72. The molecule has 0 fully saturated rings. The Morgan fingerprint density at radius 3 is 2.59 bits per heavy atom. The highest BCUT2D eigenvalue weighted by atomic mass is 16.3. The van der Waals surface area contributed by atoms with Crippen LogP contribution in [0.3, 0.4) is 0 Å². The van der Waals surface area contributed by atoms with Crippen molar-refractivity contribution in [2.24, 2.45) is 0 Å². The van der Waals surface area contributed by atoms with Crippen LogP contribution in [0.25, 0.3) is 28.2 Å². The Balaban J connectivity index is 1.48. The number of tetrazole rings is 1. The first-order chi connectivity index (χ1) is 16.7. The maximum absolute atomic E-state index is 13.3. The van der Waals surface area contributed by atoms with Crippen molar-refractivity contribution in [3.8, 4) is 34.0 Å². The molecule has 0 aliphatic heterocycles. The summed E-state index contributed by atoms with van der Waals surface area (Å²) in [5.41, 5.74) is 4.90. The summed E-state index contributed by atoms with van der Waals surface area (Å²) in [4.78, 5) is 17.5. The smallest absolute Gasteiger partial charge is 0.333 e. The van der Waals surface area contributed by atoms with Crippen LogP contribution >= 0.6 is 0 Å². The molecule has 0 atom stereocenters. The van der Waals surface area contributed by atoms with E-state index in [1.807, 2.05) is 36.5 Å². The van der Waals surface area contributed by atoms with Gasteiger partial charge in [0.25, 0.3) is 0 Å². The number of aromatic nitrogens is 7. The van der Waals surface area contributed by atoms with E-state index < -0.39 is 0 Å². The Hall–Kier alpha value is -4.53. The number of phenolic OH excluding ortho intramolecular Hbond substituents is 1. The standard InChI is InChI=1S/C25H23N7O2/c1-2-5-19-16-32(22-6-3-4-7-23(22)33)25(34)31(19)15-17-8-10-18(11-9-17)21-14-26-13-12-20(21)24-27-29-30-28-24/h3-4,6-14,16,33H,2,5,15H2,1H3,(H,27,28,29,30). The lowest BCUT2D eigenvalue weighted by Gasteiger charge is -2.09. The van der Waals surface area contributed by atoms with Crippen molar-refractivity contribution in [1.82, 2.24) is 34.7 Å². The number of rotatable bonds is 7. The summed E-state index contributed by atoms with van der Waals surface area (Å²) < 4.78 is 3.28. The van der Waals surface area contributed by atoms with E-state index in [2.05, 4.69) is 32.5 Å². The van der Waals surface area contributed by atoms with Crippen LogP contribution in [0.5, 0.6) is 5.75 Å². The zero-order valence-electron chi connectivity index (χ0n) is 18.6. The Bertz CT molecular complexity index is 1470. The lowest BCUT2D eigenvalue weighted by Crippen LogP contribution is -2.24. The van der Waals surface area contributed by atoms with Gasteiger partial charge in [-0.05, 0) is 41.0 Å². The fourth-order valence-corrected chi connectivity index (χ4v) is 4.06. The first-order valence-electron chi connectivity index (χ1n) is 11.0. The summed E-state index contributed by atoms with van der Waals surface area (Å²) in [7, 11) is 0. The molecular formula is C25H23N7O2. The molecule has 0 unspecified atom stereocenters. The van der Waals surface area contributed by atoms with Crippen LogP contribution in [-0.2, 0) is 13.0 Å².